The predicted molar refractivity (Wildman–Crippen MR) is 113 cm³/mol. The molecule has 7 nitrogen and oxygen atoms in total. The van der Waals surface area contributed by atoms with Crippen LogP contribution < -0.4 is 14.8 Å². The molecule has 0 spiro atoms. The van der Waals surface area contributed by atoms with Gasteiger partial charge in [0, 0.05) is 32.2 Å². The first-order valence-corrected chi connectivity index (χ1v) is 9.67. The Labute approximate surface area is 168 Å². The fourth-order valence-corrected chi connectivity index (χ4v) is 2.71. The summed E-state index contributed by atoms with van der Waals surface area (Å²) in [5.41, 5.74) is 1.06. The fourth-order valence-electron chi connectivity index (χ4n) is 2.10. The van der Waals surface area contributed by atoms with Gasteiger partial charge in [0.15, 0.2) is 5.96 Å². The number of ether oxygens (including phenoxy) is 1. The largest absolute Gasteiger partial charge is 0.496 e. The first-order chi connectivity index (χ1) is 11.4. The number of nitrogens with one attached hydrogen (secondary N) is 2. The Morgan fingerprint density at radius 3 is 2.56 bits per heavy atom. The van der Waals surface area contributed by atoms with Crippen molar-refractivity contribution in [3.8, 4) is 5.75 Å². The van der Waals surface area contributed by atoms with Gasteiger partial charge in [-0.2, -0.15) is 0 Å². The van der Waals surface area contributed by atoms with Gasteiger partial charge < -0.3 is 15.0 Å². The summed E-state index contributed by atoms with van der Waals surface area (Å²) in [6.07, 6.45) is 0. The van der Waals surface area contributed by atoms with Gasteiger partial charge >= 0.3 is 0 Å². The van der Waals surface area contributed by atoms with E-state index < -0.39 is 10.0 Å². The zero-order valence-electron chi connectivity index (χ0n) is 15.3. The van der Waals surface area contributed by atoms with E-state index in [1.54, 1.807) is 14.0 Å². The van der Waals surface area contributed by atoms with Crippen molar-refractivity contribution >= 4 is 40.0 Å². The highest BCUT2D eigenvalue weighted by atomic mass is 127. The summed E-state index contributed by atoms with van der Waals surface area (Å²) >= 11 is 0. The van der Waals surface area contributed by atoms with Crippen LogP contribution in [0.5, 0.6) is 5.75 Å². The van der Waals surface area contributed by atoms with Gasteiger partial charge in [0.05, 0.1) is 19.4 Å². The molecule has 0 atom stereocenters. The second-order valence-corrected chi connectivity index (χ2v) is 7.30. The Morgan fingerprint density at radius 2 is 1.96 bits per heavy atom. The summed E-state index contributed by atoms with van der Waals surface area (Å²) in [4.78, 5) is 6.45. The molecular weight excluding hydrogens is 455 g/mol. The quantitative estimate of drug-likeness (QED) is 0.241. The monoisotopic (exact) mass is 484 g/mol. The second-order valence-electron chi connectivity index (χ2n) is 5.20. The van der Waals surface area contributed by atoms with E-state index in [9.17, 15) is 8.42 Å². The standard InChI is InChI=1S/C16H28N4O3S.HI/c1-5-17-16(18-11-12-19-24(21,22)6-2)20(3)13-14-9-7-8-10-15(14)23-4;/h7-10,19H,5-6,11-13H2,1-4H3,(H,17,18);1H. The van der Waals surface area contributed by atoms with Crippen molar-refractivity contribution in [1.82, 2.24) is 14.9 Å². The molecular formula is C16H29IN4O3S. The van der Waals surface area contributed by atoms with Gasteiger partial charge in [-0.3, -0.25) is 4.99 Å². The van der Waals surface area contributed by atoms with Crippen molar-refractivity contribution in [2.24, 2.45) is 4.99 Å². The molecule has 25 heavy (non-hydrogen) atoms. The highest BCUT2D eigenvalue weighted by Gasteiger charge is 2.10. The van der Waals surface area contributed by atoms with Crippen LogP contribution in [0, 0.1) is 0 Å². The smallest absolute Gasteiger partial charge is 0.211 e. The number of methoxy groups -OCH3 is 1. The van der Waals surface area contributed by atoms with Gasteiger partial charge in [0.25, 0.3) is 0 Å². The Morgan fingerprint density at radius 1 is 1.28 bits per heavy atom. The van der Waals surface area contributed by atoms with E-state index in [0.29, 0.717) is 13.1 Å². The van der Waals surface area contributed by atoms with E-state index >= 15 is 0 Å². The van der Waals surface area contributed by atoms with Gasteiger partial charge in [-0.05, 0) is 19.9 Å². The highest BCUT2D eigenvalue weighted by Crippen LogP contribution is 2.18. The molecule has 0 heterocycles. The molecule has 0 radical (unpaired) electrons. The lowest BCUT2D eigenvalue weighted by molar-refractivity contribution is 0.396. The topological polar surface area (TPSA) is 83.0 Å². The third-order valence-electron chi connectivity index (χ3n) is 3.37. The number of sulfonamides is 1. The Kier molecular flexibility index (Phi) is 11.8. The molecule has 0 aliphatic carbocycles. The van der Waals surface area contributed by atoms with Crippen LogP contribution in [0.15, 0.2) is 29.3 Å². The summed E-state index contributed by atoms with van der Waals surface area (Å²) in [5.74, 6) is 1.62. The molecule has 1 aromatic rings. The molecule has 0 unspecified atom stereocenters. The Bertz CT molecular complexity index is 638. The first-order valence-electron chi connectivity index (χ1n) is 8.02. The summed E-state index contributed by atoms with van der Waals surface area (Å²) in [6, 6.07) is 7.83. The van der Waals surface area contributed by atoms with E-state index in [4.69, 9.17) is 4.74 Å². The fraction of sp³-hybridized carbons (Fsp3) is 0.562. The van der Waals surface area contributed by atoms with Gasteiger partial charge in [0.1, 0.15) is 5.75 Å². The molecule has 0 amide bonds. The Hall–Kier alpha value is -1.07. The second kappa shape index (κ2) is 12.3. The minimum absolute atomic E-state index is 0. The minimum Gasteiger partial charge on any atom is -0.496 e. The SMILES string of the molecule is CCNC(=NCCNS(=O)(=O)CC)N(C)Cc1ccccc1OC.I. The lowest BCUT2D eigenvalue weighted by Crippen LogP contribution is -2.39. The molecule has 0 bridgehead atoms. The van der Waals surface area contributed by atoms with Crippen LogP contribution in [-0.4, -0.2) is 58.8 Å². The van der Waals surface area contributed by atoms with E-state index in [0.717, 1.165) is 23.8 Å². The number of benzene rings is 1. The van der Waals surface area contributed by atoms with Crippen LogP contribution in [0.4, 0.5) is 0 Å². The molecule has 2 N–H and O–H groups in total. The van der Waals surface area contributed by atoms with Crippen molar-refractivity contribution in [2.75, 3.05) is 39.5 Å². The molecule has 0 aliphatic heterocycles. The van der Waals surface area contributed by atoms with Gasteiger partial charge in [0.2, 0.25) is 10.0 Å². The predicted octanol–water partition coefficient (Wildman–Crippen LogP) is 1.65. The third kappa shape index (κ3) is 8.73. The summed E-state index contributed by atoms with van der Waals surface area (Å²) in [7, 11) is 0.408. The molecule has 1 rings (SSSR count). The van der Waals surface area contributed by atoms with Gasteiger partial charge in [-0.15, -0.1) is 24.0 Å². The van der Waals surface area contributed by atoms with Crippen molar-refractivity contribution < 1.29 is 13.2 Å². The molecule has 0 fully saturated rings. The highest BCUT2D eigenvalue weighted by molar-refractivity contribution is 14.0. The zero-order valence-corrected chi connectivity index (χ0v) is 18.4. The van der Waals surface area contributed by atoms with E-state index in [-0.39, 0.29) is 36.3 Å². The van der Waals surface area contributed by atoms with E-state index in [1.807, 2.05) is 43.1 Å². The first kappa shape index (κ1) is 23.9. The molecule has 9 heteroatoms. The number of aliphatic imine (C=N–C) groups is 1. The molecule has 144 valence electrons. The summed E-state index contributed by atoms with van der Waals surface area (Å²) in [5, 5.41) is 3.21. The average Bonchev–Trinajstić information content (AvgIpc) is 2.58. The number of rotatable bonds is 9. The summed E-state index contributed by atoms with van der Waals surface area (Å²) < 4.78 is 30.7. The number of hydrogen-bond acceptors (Lipinski definition) is 4. The Balaban J connectivity index is 0.00000576. The minimum atomic E-state index is -3.18. The van der Waals surface area contributed by atoms with Crippen molar-refractivity contribution in [2.45, 2.75) is 20.4 Å². The van der Waals surface area contributed by atoms with Crippen LogP contribution in [0.25, 0.3) is 0 Å². The van der Waals surface area contributed by atoms with Crippen molar-refractivity contribution in [1.29, 1.82) is 0 Å². The van der Waals surface area contributed by atoms with Crippen molar-refractivity contribution in [3.63, 3.8) is 0 Å². The van der Waals surface area contributed by atoms with Crippen molar-refractivity contribution in [3.05, 3.63) is 29.8 Å². The average molecular weight is 484 g/mol. The van der Waals surface area contributed by atoms with Crippen LogP contribution in [0.3, 0.4) is 0 Å². The maximum atomic E-state index is 11.4. The lowest BCUT2D eigenvalue weighted by atomic mass is 10.2. The molecule has 0 aromatic heterocycles. The van der Waals surface area contributed by atoms with Crippen LogP contribution >= 0.6 is 24.0 Å². The third-order valence-corrected chi connectivity index (χ3v) is 4.78. The number of hydrogen-bond donors (Lipinski definition) is 2. The van der Waals surface area contributed by atoms with Gasteiger partial charge in [-0.1, -0.05) is 18.2 Å². The normalized spacial score (nSPS) is 11.6. The molecule has 1 aromatic carbocycles. The van der Waals surface area contributed by atoms with Gasteiger partial charge in [-0.25, -0.2) is 13.1 Å². The maximum absolute atomic E-state index is 11.4. The zero-order chi connectivity index (χ0) is 18.0. The van der Waals surface area contributed by atoms with E-state index in [1.165, 1.54) is 0 Å². The lowest BCUT2D eigenvalue weighted by Gasteiger charge is -2.23. The maximum Gasteiger partial charge on any atom is 0.211 e. The van der Waals surface area contributed by atoms with Crippen LogP contribution in [0.2, 0.25) is 0 Å². The number of halogens is 1. The van der Waals surface area contributed by atoms with Crippen LogP contribution in [0.1, 0.15) is 19.4 Å². The summed E-state index contributed by atoms with van der Waals surface area (Å²) in [6.45, 7) is 5.63. The number of nitrogens with zero attached hydrogens (tertiary/aromatic N) is 2. The molecule has 0 aliphatic rings. The van der Waals surface area contributed by atoms with E-state index in [2.05, 4.69) is 15.0 Å². The number of para-hydroxylation sites is 1. The molecule has 0 saturated carbocycles. The molecule has 0 saturated heterocycles. The van der Waals surface area contributed by atoms with Crippen LogP contribution in [-0.2, 0) is 16.6 Å². The number of guanidine groups is 1.